The summed E-state index contributed by atoms with van der Waals surface area (Å²) in [4.78, 5) is 2.06. The Kier molecular flexibility index (Phi) is 5.78. The molecule has 0 bridgehead atoms. The third-order valence-electron chi connectivity index (χ3n) is 4.34. The third kappa shape index (κ3) is 4.06. The molecule has 0 radical (unpaired) electrons. The van der Waals surface area contributed by atoms with E-state index < -0.39 is 37.1 Å². The summed E-state index contributed by atoms with van der Waals surface area (Å²) in [6.45, 7) is 1.60. The highest BCUT2D eigenvalue weighted by atomic mass is 32.2. The molecule has 0 saturated carbocycles. The van der Waals surface area contributed by atoms with Gasteiger partial charge >= 0.3 is 0 Å². The molecule has 0 unspecified atom stereocenters. The first-order valence-corrected chi connectivity index (χ1v) is 8.96. The van der Waals surface area contributed by atoms with Gasteiger partial charge in [-0.15, -0.1) is 0 Å². The maximum atomic E-state index is 10.3. The smallest absolute Gasteiger partial charge is 0.113 e. The molecule has 1 heterocycles. The lowest BCUT2D eigenvalue weighted by Crippen LogP contribution is -2.55. The van der Waals surface area contributed by atoms with Crippen molar-refractivity contribution in [3.05, 3.63) is 59.7 Å². The van der Waals surface area contributed by atoms with Crippen molar-refractivity contribution in [2.45, 2.75) is 47.2 Å². The van der Waals surface area contributed by atoms with Crippen molar-refractivity contribution in [1.29, 1.82) is 0 Å². The topological polar surface area (TPSA) is 90.2 Å². The average molecular weight is 362 g/mol. The quantitative estimate of drug-likeness (QED) is 0.661. The SMILES string of the molecule is Cc1ccc(Sc2cccc([C@@H]3O[C@H](CO)[C@@H](O)[C@H](O)[C@H]3O)c2)cc1. The summed E-state index contributed by atoms with van der Waals surface area (Å²) >= 11 is 1.59. The first-order valence-electron chi connectivity index (χ1n) is 8.14. The second-order valence-electron chi connectivity index (χ2n) is 6.24. The molecule has 2 aromatic rings. The fraction of sp³-hybridized carbons (Fsp3) is 0.368. The van der Waals surface area contributed by atoms with Gasteiger partial charge in [-0.2, -0.15) is 0 Å². The van der Waals surface area contributed by atoms with Crippen molar-refractivity contribution < 1.29 is 25.2 Å². The summed E-state index contributed by atoms with van der Waals surface area (Å²) in [5.41, 5.74) is 1.88. The summed E-state index contributed by atoms with van der Waals surface area (Å²) in [6.07, 6.45) is -5.70. The molecule has 134 valence electrons. The predicted molar refractivity (Wildman–Crippen MR) is 94.5 cm³/mol. The molecule has 0 aromatic heterocycles. The minimum absolute atomic E-state index is 0.431. The van der Waals surface area contributed by atoms with Crippen LogP contribution < -0.4 is 0 Å². The van der Waals surface area contributed by atoms with Crippen LogP contribution in [0.3, 0.4) is 0 Å². The van der Waals surface area contributed by atoms with Crippen molar-refractivity contribution >= 4 is 11.8 Å². The second-order valence-corrected chi connectivity index (χ2v) is 7.38. The predicted octanol–water partition coefficient (Wildman–Crippen LogP) is 1.66. The number of benzene rings is 2. The van der Waals surface area contributed by atoms with Crippen LogP contribution in [-0.2, 0) is 4.74 Å². The van der Waals surface area contributed by atoms with Crippen LogP contribution in [0.1, 0.15) is 17.2 Å². The minimum atomic E-state index is -1.37. The van der Waals surface area contributed by atoms with Gasteiger partial charge in [-0.05, 0) is 36.8 Å². The Bertz CT molecular complexity index is 703. The zero-order valence-electron chi connectivity index (χ0n) is 13.8. The molecule has 1 saturated heterocycles. The van der Waals surface area contributed by atoms with Gasteiger partial charge in [0.1, 0.15) is 30.5 Å². The molecule has 4 N–H and O–H groups in total. The number of hydrogen-bond donors (Lipinski definition) is 4. The van der Waals surface area contributed by atoms with E-state index >= 15 is 0 Å². The molecule has 1 aliphatic heterocycles. The highest BCUT2D eigenvalue weighted by Crippen LogP contribution is 2.35. The van der Waals surface area contributed by atoms with Crippen LogP contribution in [0.5, 0.6) is 0 Å². The van der Waals surface area contributed by atoms with Crippen LogP contribution in [0.2, 0.25) is 0 Å². The van der Waals surface area contributed by atoms with Crippen molar-refractivity contribution in [1.82, 2.24) is 0 Å². The van der Waals surface area contributed by atoms with Crippen LogP contribution in [0.25, 0.3) is 0 Å². The summed E-state index contributed by atoms with van der Waals surface area (Å²) < 4.78 is 5.62. The van der Waals surface area contributed by atoms with Gasteiger partial charge in [0.25, 0.3) is 0 Å². The van der Waals surface area contributed by atoms with Gasteiger partial charge in [0.2, 0.25) is 0 Å². The van der Waals surface area contributed by atoms with E-state index in [0.717, 1.165) is 9.79 Å². The number of aliphatic hydroxyl groups is 4. The third-order valence-corrected chi connectivity index (χ3v) is 5.33. The van der Waals surface area contributed by atoms with Crippen LogP contribution in [0, 0.1) is 6.92 Å². The van der Waals surface area contributed by atoms with Gasteiger partial charge in [0.15, 0.2) is 0 Å². The van der Waals surface area contributed by atoms with Crippen LogP contribution in [0.4, 0.5) is 0 Å². The van der Waals surface area contributed by atoms with E-state index in [1.165, 1.54) is 5.56 Å². The lowest BCUT2D eigenvalue weighted by Gasteiger charge is -2.40. The molecule has 25 heavy (non-hydrogen) atoms. The molecule has 1 aliphatic rings. The molecular weight excluding hydrogens is 340 g/mol. The van der Waals surface area contributed by atoms with Gasteiger partial charge < -0.3 is 25.2 Å². The molecule has 5 atom stereocenters. The Morgan fingerprint density at radius 1 is 0.920 bits per heavy atom. The normalized spacial score (nSPS) is 29.6. The van der Waals surface area contributed by atoms with Crippen molar-refractivity contribution in [3.8, 4) is 0 Å². The molecule has 0 aliphatic carbocycles. The van der Waals surface area contributed by atoms with E-state index in [9.17, 15) is 20.4 Å². The van der Waals surface area contributed by atoms with E-state index in [1.807, 2.05) is 49.4 Å². The van der Waals surface area contributed by atoms with Gasteiger partial charge in [0, 0.05) is 9.79 Å². The number of rotatable bonds is 4. The molecule has 6 heteroatoms. The second kappa shape index (κ2) is 7.86. The zero-order chi connectivity index (χ0) is 18.0. The number of ether oxygens (including phenoxy) is 1. The molecule has 0 spiro atoms. The first-order chi connectivity index (χ1) is 12.0. The van der Waals surface area contributed by atoms with Crippen molar-refractivity contribution in [2.24, 2.45) is 0 Å². The van der Waals surface area contributed by atoms with Crippen LogP contribution in [0.15, 0.2) is 58.3 Å². The van der Waals surface area contributed by atoms with Gasteiger partial charge in [-0.1, -0.05) is 41.6 Å². The summed E-state index contributed by atoms with van der Waals surface area (Å²) in [5, 5.41) is 39.4. The van der Waals surface area contributed by atoms with Crippen molar-refractivity contribution in [2.75, 3.05) is 6.61 Å². The molecule has 1 fully saturated rings. The Morgan fingerprint density at radius 3 is 2.32 bits per heavy atom. The number of hydrogen-bond acceptors (Lipinski definition) is 6. The maximum Gasteiger partial charge on any atom is 0.113 e. The van der Waals surface area contributed by atoms with Crippen LogP contribution in [-0.4, -0.2) is 51.4 Å². The summed E-state index contributed by atoms with van der Waals surface area (Å²) in [7, 11) is 0. The van der Waals surface area contributed by atoms with Gasteiger partial charge in [0.05, 0.1) is 6.61 Å². The highest BCUT2D eigenvalue weighted by Gasteiger charge is 2.43. The highest BCUT2D eigenvalue weighted by molar-refractivity contribution is 7.99. The van der Waals surface area contributed by atoms with E-state index in [1.54, 1.807) is 17.8 Å². The van der Waals surface area contributed by atoms with E-state index in [-0.39, 0.29) is 0 Å². The fourth-order valence-electron chi connectivity index (χ4n) is 2.87. The first kappa shape index (κ1) is 18.4. The molecular formula is C19H22O5S. The largest absolute Gasteiger partial charge is 0.394 e. The van der Waals surface area contributed by atoms with Crippen molar-refractivity contribution in [3.63, 3.8) is 0 Å². The number of aliphatic hydroxyl groups excluding tert-OH is 4. The van der Waals surface area contributed by atoms with E-state index in [4.69, 9.17) is 4.74 Å². The Morgan fingerprint density at radius 2 is 1.64 bits per heavy atom. The number of aryl methyl sites for hydroxylation is 1. The molecule has 2 aromatic carbocycles. The maximum absolute atomic E-state index is 10.3. The Balaban J connectivity index is 1.81. The minimum Gasteiger partial charge on any atom is -0.394 e. The lowest BCUT2D eigenvalue weighted by molar-refractivity contribution is -0.231. The lowest BCUT2D eigenvalue weighted by atomic mass is 9.91. The summed E-state index contributed by atoms with van der Waals surface area (Å²) in [6, 6.07) is 15.7. The van der Waals surface area contributed by atoms with E-state index in [2.05, 4.69) is 0 Å². The van der Waals surface area contributed by atoms with Crippen LogP contribution >= 0.6 is 11.8 Å². The molecule has 5 nitrogen and oxygen atoms in total. The Hall–Kier alpha value is -1.41. The average Bonchev–Trinajstić information content (AvgIpc) is 2.62. The van der Waals surface area contributed by atoms with Gasteiger partial charge in [-0.3, -0.25) is 0 Å². The Labute approximate surface area is 150 Å². The standard InChI is InChI=1S/C19H22O5S/c1-11-5-7-13(8-6-11)25-14-4-2-3-12(9-14)19-18(23)17(22)16(21)15(10-20)24-19/h2-9,15-23H,10H2,1H3/t15-,16-,17+,18-,19+/m1/s1. The fourth-order valence-corrected chi connectivity index (χ4v) is 3.76. The van der Waals surface area contributed by atoms with E-state index in [0.29, 0.717) is 5.56 Å². The molecule has 3 rings (SSSR count). The molecule has 0 amide bonds. The zero-order valence-corrected chi connectivity index (χ0v) is 14.6. The summed E-state index contributed by atoms with van der Waals surface area (Å²) in [5.74, 6) is 0. The van der Waals surface area contributed by atoms with Gasteiger partial charge in [-0.25, -0.2) is 0 Å². The monoisotopic (exact) mass is 362 g/mol.